The molecule has 3 aromatic rings. The number of imidazole rings is 1. The van der Waals surface area contributed by atoms with Crippen LogP contribution < -0.4 is 0 Å². The van der Waals surface area contributed by atoms with Crippen LogP contribution in [0.2, 0.25) is 5.02 Å². The number of rotatable bonds is 6. The van der Waals surface area contributed by atoms with Crippen molar-refractivity contribution < 1.29 is 5.11 Å². The highest BCUT2D eigenvalue weighted by molar-refractivity contribution is 6.31. The van der Waals surface area contributed by atoms with E-state index in [4.69, 9.17) is 16.6 Å². The van der Waals surface area contributed by atoms with E-state index < -0.39 is 0 Å². The third kappa shape index (κ3) is 4.18. The molecular weight excluding hydrogens is 358 g/mol. The van der Waals surface area contributed by atoms with Crippen LogP contribution in [0, 0.1) is 0 Å². The van der Waals surface area contributed by atoms with Gasteiger partial charge in [0, 0.05) is 24.2 Å². The van der Waals surface area contributed by atoms with E-state index in [1.807, 2.05) is 18.2 Å². The Morgan fingerprint density at radius 2 is 1.93 bits per heavy atom. The molecule has 1 aromatic heterocycles. The molecule has 27 heavy (non-hydrogen) atoms. The zero-order chi connectivity index (χ0) is 18.6. The van der Waals surface area contributed by atoms with Gasteiger partial charge in [0.2, 0.25) is 0 Å². The minimum absolute atomic E-state index is 0.247. The molecule has 5 heteroatoms. The third-order valence-electron chi connectivity index (χ3n) is 5.53. The van der Waals surface area contributed by atoms with Crippen LogP contribution in [0.5, 0.6) is 0 Å². The normalized spacial score (nSPS) is 18.2. The lowest BCUT2D eigenvalue weighted by molar-refractivity contribution is 0.109. The Morgan fingerprint density at radius 1 is 1.07 bits per heavy atom. The van der Waals surface area contributed by atoms with Crippen LogP contribution in [-0.4, -0.2) is 38.8 Å². The topological polar surface area (TPSA) is 41.3 Å². The SMILES string of the molecule is OCCC1CCCCN1Cc1nc2cc(Cl)ccc2n1Cc1ccccc1. The summed E-state index contributed by atoms with van der Waals surface area (Å²) in [5.41, 5.74) is 3.33. The molecule has 0 saturated carbocycles. The Kier molecular flexibility index (Phi) is 5.77. The monoisotopic (exact) mass is 383 g/mol. The predicted molar refractivity (Wildman–Crippen MR) is 110 cm³/mol. The maximum atomic E-state index is 9.43. The molecule has 1 aliphatic heterocycles. The third-order valence-corrected chi connectivity index (χ3v) is 5.76. The summed E-state index contributed by atoms with van der Waals surface area (Å²) >= 11 is 6.21. The summed E-state index contributed by atoms with van der Waals surface area (Å²) in [7, 11) is 0. The van der Waals surface area contributed by atoms with Crippen molar-refractivity contribution >= 4 is 22.6 Å². The lowest BCUT2D eigenvalue weighted by Crippen LogP contribution is -2.40. The van der Waals surface area contributed by atoms with Gasteiger partial charge in [0.15, 0.2) is 0 Å². The number of hydrogen-bond donors (Lipinski definition) is 1. The number of fused-ring (bicyclic) bond motifs is 1. The first kappa shape index (κ1) is 18.5. The van der Waals surface area contributed by atoms with Crippen molar-refractivity contribution in [3.63, 3.8) is 0 Å². The summed E-state index contributed by atoms with van der Waals surface area (Å²) in [6.45, 7) is 2.92. The molecule has 4 nitrogen and oxygen atoms in total. The first-order valence-corrected chi connectivity index (χ1v) is 10.2. The van der Waals surface area contributed by atoms with E-state index in [2.05, 4.69) is 39.8 Å². The van der Waals surface area contributed by atoms with Crippen molar-refractivity contribution in [3.05, 3.63) is 64.9 Å². The number of nitrogens with zero attached hydrogens (tertiary/aromatic N) is 3. The molecule has 4 rings (SSSR count). The molecule has 1 fully saturated rings. The van der Waals surface area contributed by atoms with E-state index in [9.17, 15) is 5.11 Å². The number of benzene rings is 2. The second kappa shape index (κ2) is 8.42. The van der Waals surface area contributed by atoms with E-state index in [0.29, 0.717) is 6.04 Å². The molecule has 1 N–H and O–H groups in total. The highest BCUT2D eigenvalue weighted by Crippen LogP contribution is 2.26. The minimum atomic E-state index is 0.247. The van der Waals surface area contributed by atoms with Crippen LogP contribution in [0.25, 0.3) is 11.0 Å². The van der Waals surface area contributed by atoms with Gasteiger partial charge in [-0.25, -0.2) is 4.98 Å². The Hall–Kier alpha value is -1.88. The first-order chi connectivity index (χ1) is 13.2. The fraction of sp³-hybridized carbons (Fsp3) is 0.409. The fourth-order valence-electron chi connectivity index (χ4n) is 4.14. The summed E-state index contributed by atoms with van der Waals surface area (Å²) < 4.78 is 2.31. The van der Waals surface area contributed by atoms with Gasteiger partial charge < -0.3 is 9.67 Å². The molecule has 0 amide bonds. The van der Waals surface area contributed by atoms with E-state index >= 15 is 0 Å². The zero-order valence-corrected chi connectivity index (χ0v) is 16.3. The number of aliphatic hydroxyl groups is 1. The van der Waals surface area contributed by atoms with Crippen molar-refractivity contribution in [2.45, 2.75) is 44.8 Å². The van der Waals surface area contributed by atoms with Gasteiger partial charge in [0.05, 0.1) is 17.6 Å². The zero-order valence-electron chi connectivity index (χ0n) is 15.5. The van der Waals surface area contributed by atoms with Crippen LogP contribution in [0.1, 0.15) is 37.1 Å². The number of hydrogen-bond acceptors (Lipinski definition) is 3. The molecule has 0 bridgehead atoms. The summed E-state index contributed by atoms with van der Waals surface area (Å²) in [5.74, 6) is 1.07. The van der Waals surface area contributed by atoms with Gasteiger partial charge >= 0.3 is 0 Å². The number of piperidine rings is 1. The average Bonchev–Trinajstić information content (AvgIpc) is 3.00. The maximum Gasteiger partial charge on any atom is 0.124 e. The van der Waals surface area contributed by atoms with Gasteiger partial charge in [-0.3, -0.25) is 4.90 Å². The van der Waals surface area contributed by atoms with Gasteiger partial charge in [-0.2, -0.15) is 0 Å². The Morgan fingerprint density at radius 3 is 2.74 bits per heavy atom. The molecule has 0 spiro atoms. The van der Waals surface area contributed by atoms with E-state index in [0.717, 1.165) is 54.4 Å². The molecular formula is C22H26ClN3O. The summed E-state index contributed by atoms with van der Waals surface area (Å²) in [6, 6.07) is 16.9. The predicted octanol–water partition coefficient (Wildman–Crippen LogP) is 4.47. The van der Waals surface area contributed by atoms with E-state index in [1.165, 1.54) is 18.4 Å². The maximum absolute atomic E-state index is 9.43. The van der Waals surface area contributed by atoms with Crippen LogP contribution in [0.4, 0.5) is 0 Å². The quantitative estimate of drug-likeness (QED) is 0.682. The Balaban J connectivity index is 1.69. The molecule has 1 unspecified atom stereocenters. The lowest BCUT2D eigenvalue weighted by Gasteiger charge is -2.35. The average molecular weight is 384 g/mol. The Bertz CT molecular complexity index is 891. The van der Waals surface area contributed by atoms with Gasteiger partial charge in [0.25, 0.3) is 0 Å². The molecule has 2 heterocycles. The number of aliphatic hydroxyl groups excluding tert-OH is 1. The highest BCUT2D eigenvalue weighted by Gasteiger charge is 2.24. The van der Waals surface area contributed by atoms with Crippen molar-refractivity contribution in [1.82, 2.24) is 14.5 Å². The largest absolute Gasteiger partial charge is 0.396 e. The van der Waals surface area contributed by atoms with Gasteiger partial charge in [-0.05, 0) is 49.6 Å². The smallest absolute Gasteiger partial charge is 0.124 e. The molecule has 1 atom stereocenters. The fourth-order valence-corrected chi connectivity index (χ4v) is 4.31. The first-order valence-electron chi connectivity index (χ1n) is 9.78. The summed E-state index contributed by atoms with van der Waals surface area (Å²) in [6.07, 6.45) is 4.46. The molecule has 0 aliphatic carbocycles. The van der Waals surface area contributed by atoms with E-state index in [1.54, 1.807) is 0 Å². The van der Waals surface area contributed by atoms with Crippen LogP contribution in [-0.2, 0) is 13.1 Å². The number of aromatic nitrogens is 2. The summed E-state index contributed by atoms with van der Waals surface area (Å²) in [4.78, 5) is 7.42. The standard InChI is InChI=1S/C22H26ClN3O/c23-18-9-10-21-20(14-18)24-22(26(21)15-17-6-2-1-3-7-17)16-25-12-5-4-8-19(25)11-13-27/h1-3,6-7,9-10,14,19,27H,4-5,8,11-13,15-16H2. The second-order valence-corrected chi connectivity index (χ2v) is 7.80. The second-order valence-electron chi connectivity index (χ2n) is 7.37. The van der Waals surface area contributed by atoms with E-state index in [-0.39, 0.29) is 6.61 Å². The molecule has 2 aromatic carbocycles. The van der Waals surface area contributed by atoms with Crippen LogP contribution in [0.15, 0.2) is 48.5 Å². The van der Waals surface area contributed by atoms with Crippen molar-refractivity contribution in [1.29, 1.82) is 0 Å². The van der Waals surface area contributed by atoms with Gasteiger partial charge in [-0.15, -0.1) is 0 Å². The van der Waals surface area contributed by atoms with Crippen molar-refractivity contribution in [2.24, 2.45) is 0 Å². The Labute approximate surface area is 165 Å². The molecule has 142 valence electrons. The van der Waals surface area contributed by atoms with Crippen LogP contribution >= 0.6 is 11.6 Å². The highest BCUT2D eigenvalue weighted by atomic mass is 35.5. The molecule has 1 aliphatic rings. The number of halogens is 1. The lowest BCUT2D eigenvalue weighted by atomic mass is 9.99. The summed E-state index contributed by atoms with van der Waals surface area (Å²) in [5, 5.41) is 10.2. The van der Waals surface area contributed by atoms with Crippen LogP contribution in [0.3, 0.4) is 0 Å². The molecule has 1 saturated heterocycles. The van der Waals surface area contributed by atoms with Gasteiger partial charge in [-0.1, -0.05) is 48.4 Å². The van der Waals surface area contributed by atoms with Crippen molar-refractivity contribution in [3.8, 4) is 0 Å². The van der Waals surface area contributed by atoms with Crippen molar-refractivity contribution in [2.75, 3.05) is 13.2 Å². The molecule has 0 radical (unpaired) electrons. The van der Waals surface area contributed by atoms with Gasteiger partial charge in [0.1, 0.15) is 5.82 Å². The number of likely N-dealkylation sites (tertiary alicyclic amines) is 1. The minimum Gasteiger partial charge on any atom is -0.396 e.